The lowest BCUT2D eigenvalue weighted by atomic mass is 10.00. The molecule has 1 aromatic heterocycles. The van der Waals surface area contributed by atoms with Gasteiger partial charge < -0.3 is 10.1 Å². The molecule has 1 aliphatic rings. The lowest BCUT2D eigenvalue weighted by Gasteiger charge is -2.38. The molecule has 2 unspecified atom stereocenters. The van der Waals surface area contributed by atoms with Gasteiger partial charge in [0.25, 0.3) is 0 Å². The first kappa shape index (κ1) is 14.8. The van der Waals surface area contributed by atoms with E-state index in [1.54, 1.807) is 7.05 Å². The van der Waals surface area contributed by atoms with Gasteiger partial charge in [0.05, 0.1) is 6.61 Å². The number of hydrazine groups is 1. The van der Waals surface area contributed by atoms with Gasteiger partial charge in [-0.3, -0.25) is 5.43 Å². The zero-order valence-electron chi connectivity index (χ0n) is 12.7. The second-order valence-electron chi connectivity index (χ2n) is 5.10. The summed E-state index contributed by atoms with van der Waals surface area (Å²) in [6.45, 7) is 6.87. The summed E-state index contributed by atoms with van der Waals surface area (Å²) >= 11 is 0. The minimum atomic E-state index is 0.340. The summed E-state index contributed by atoms with van der Waals surface area (Å²) in [7, 11) is 1.78. The average Bonchev–Trinajstić information content (AvgIpc) is 2.43. The molecule has 2 heterocycles. The molecule has 20 heavy (non-hydrogen) atoms. The van der Waals surface area contributed by atoms with Crippen LogP contribution in [0.4, 0.5) is 11.9 Å². The Hall–Kier alpha value is -1.63. The Morgan fingerprint density at radius 3 is 2.40 bits per heavy atom. The molecule has 2 rings (SSSR count). The number of hydrogen-bond donors (Lipinski definition) is 2. The third-order valence-electron chi connectivity index (χ3n) is 3.53. The number of aromatic nitrogens is 3. The normalized spacial score (nSPS) is 23.4. The monoisotopic (exact) mass is 280 g/mol. The van der Waals surface area contributed by atoms with E-state index in [9.17, 15) is 0 Å². The van der Waals surface area contributed by atoms with Crippen LogP contribution in [-0.2, 0) is 0 Å². The molecule has 1 fully saturated rings. The summed E-state index contributed by atoms with van der Waals surface area (Å²) in [5.41, 5.74) is 3.31. The smallest absolute Gasteiger partial charge is 0.323 e. The van der Waals surface area contributed by atoms with E-state index in [2.05, 4.69) is 44.6 Å². The molecular weight excluding hydrogens is 256 g/mol. The van der Waals surface area contributed by atoms with E-state index in [1.807, 2.05) is 6.92 Å². The van der Waals surface area contributed by atoms with Crippen molar-refractivity contribution in [2.75, 3.05) is 24.4 Å². The number of rotatable bonds is 5. The highest BCUT2D eigenvalue weighted by Gasteiger charge is 2.25. The van der Waals surface area contributed by atoms with Gasteiger partial charge in [-0.15, -0.1) is 0 Å². The van der Waals surface area contributed by atoms with E-state index >= 15 is 0 Å². The second kappa shape index (κ2) is 6.69. The molecule has 0 bridgehead atoms. The molecule has 0 aliphatic carbocycles. The molecule has 112 valence electrons. The Bertz CT molecular complexity index is 431. The van der Waals surface area contributed by atoms with Crippen molar-refractivity contribution in [1.82, 2.24) is 20.0 Å². The quantitative estimate of drug-likeness (QED) is 0.853. The fourth-order valence-electron chi connectivity index (χ4n) is 2.47. The molecule has 0 aromatic carbocycles. The molecule has 0 radical (unpaired) electrons. The van der Waals surface area contributed by atoms with E-state index in [4.69, 9.17) is 4.74 Å². The molecule has 0 spiro atoms. The number of anilines is 2. The summed E-state index contributed by atoms with van der Waals surface area (Å²) in [6.07, 6.45) is 3.63. The fourth-order valence-corrected chi connectivity index (χ4v) is 2.47. The van der Waals surface area contributed by atoms with Crippen LogP contribution in [0.5, 0.6) is 6.01 Å². The summed E-state index contributed by atoms with van der Waals surface area (Å²) in [6, 6.07) is 1.26. The van der Waals surface area contributed by atoms with Crippen LogP contribution in [0, 0.1) is 0 Å². The van der Waals surface area contributed by atoms with Gasteiger partial charge in [0.2, 0.25) is 11.9 Å². The van der Waals surface area contributed by atoms with E-state index in [1.165, 1.54) is 19.3 Å². The van der Waals surface area contributed by atoms with E-state index in [0.717, 1.165) is 0 Å². The maximum Gasteiger partial charge on any atom is 0.323 e. The Morgan fingerprint density at radius 2 is 1.80 bits per heavy atom. The van der Waals surface area contributed by atoms with Crippen molar-refractivity contribution < 1.29 is 4.74 Å². The molecule has 1 aliphatic heterocycles. The molecule has 0 saturated carbocycles. The molecule has 2 N–H and O–H groups in total. The van der Waals surface area contributed by atoms with Crippen molar-refractivity contribution in [1.29, 1.82) is 0 Å². The Kier molecular flexibility index (Phi) is 4.94. The van der Waals surface area contributed by atoms with Gasteiger partial charge in [-0.2, -0.15) is 15.0 Å². The average molecular weight is 280 g/mol. The lowest BCUT2D eigenvalue weighted by molar-refractivity contribution is 0.134. The van der Waals surface area contributed by atoms with E-state index < -0.39 is 0 Å². The minimum Gasteiger partial charge on any atom is -0.464 e. The fraction of sp³-hybridized carbons (Fsp3) is 0.769. The predicted octanol–water partition coefficient (Wildman–Crippen LogP) is 1.90. The molecule has 7 heteroatoms. The van der Waals surface area contributed by atoms with Crippen molar-refractivity contribution in [3.05, 3.63) is 0 Å². The molecule has 7 nitrogen and oxygen atoms in total. The number of ether oxygens (including phenoxy) is 1. The molecule has 1 aromatic rings. The summed E-state index contributed by atoms with van der Waals surface area (Å²) < 4.78 is 5.37. The highest BCUT2D eigenvalue weighted by molar-refractivity contribution is 5.34. The van der Waals surface area contributed by atoms with Crippen LogP contribution in [-0.4, -0.2) is 45.7 Å². The van der Waals surface area contributed by atoms with Crippen molar-refractivity contribution >= 4 is 11.9 Å². The molecule has 1 saturated heterocycles. The maximum atomic E-state index is 5.37. The Balaban J connectivity index is 2.16. The summed E-state index contributed by atoms with van der Waals surface area (Å²) in [5.74, 6) is 1.02. The van der Waals surface area contributed by atoms with E-state index in [-0.39, 0.29) is 0 Å². The molecular formula is C13H24N6O. The summed E-state index contributed by atoms with van der Waals surface area (Å²) in [4.78, 5) is 12.8. The largest absolute Gasteiger partial charge is 0.464 e. The van der Waals surface area contributed by atoms with Crippen LogP contribution in [0.2, 0.25) is 0 Å². The van der Waals surface area contributed by atoms with Gasteiger partial charge in [0.15, 0.2) is 0 Å². The van der Waals surface area contributed by atoms with Crippen LogP contribution >= 0.6 is 0 Å². The van der Waals surface area contributed by atoms with E-state index in [0.29, 0.717) is 36.6 Å². The number of hydrogen-bond acceptors (Lipinski definition) is 7. The van der Waals surface area contributed by atoms with Crippen molar-refractivity contribution in [3.63, 3.8) is 0 Å². The van der Waals surface area contributed by atoms with Crippen LogP contribution in [0.3, 0.4) is 0 Å². The van der Waals surface area contributed by atoms with Gasteiger partial charge >= 0.3 is 6.01 Å². The highest BCUT2D eigenvalue weighted by atomic mass is 16.5. The molecule has 2 atom stereocenters. The topological polar surface area (TPSA) is 75.2 Å². The van der Waals surface area contributed by atoms with Gasteiger partial charge in [-0.05, 0) is 33.6 Å². The zero-order chi connectivity index (χ0) is 14.5. The van der Waals surface area contributed by atoms with Crippen LogP contribution in [0.25, 0.3) is 0 Å². The standard InChI is InChI=1S/C13H24N6O/c1-5-20-13-16-11(14-4)15-12(17-13)18-19-9(2)7-6-8-10(19)3/h9-10H,5-8H2,1-4H3,(H2,14,15,16,17,18). The van der Waals surface area contributed by atoms with Gasteiger partial charge in [-0.1, -0.05) is 6.42 Å². The highest BCUT2D eigenvalue weighted by Crippen LogP contribution is 2.23. The Labute approximate surface area is 120 Å². The van der Waals surface area contributed by atoms with Gasteiger partial charge in [0.1, 0.15) is 0 Å². The lowest BCUT2D eigenvalue weighted by Crippen LogP contribution is -2.47. The van der Waals surface area contributed by atoms with Crippen molar-refractivity contribution in [2.24, 2.45) is 0 Å². The van der Waals surface area contributed by atoms with Crippen molar-refractivity contribution in [3.8, 4) is 6.01 Å². The van der Waals surface area contributed by atoms with Crippen LogP contribution in [0.15, 0.2) is 0 Å². The SMILES string of the molecule is CCOc1nc(NC)nc(NN2C(C)CCCC2C)n1. The first-order valence-electron chi connectivity index (χ1n) is 7.25. The van der Waals surface area contributed by atoms with Crippen molar-refractivity contribution in [2.45, 2.75) is 52.1 Å². The summed E-state index contributed by atoms with van der Waals surface area (Å²) in [5, 5.41) is 5.14. The second-order valence-corrected chi connectivity index (χ2v) is 5.10. The number of piperidine rings is 1. The Morgan fingerprint density at radius 1 is 1.15 bits per heavy atom. The van der Waals surface area contributed by atoms with Gasteiger partial charge in [0, 0.05) is 19.1 Å². The zero-order valence-corrected chi connectivity index (χ0v) is 12.7. The molecule has 0 amide bonds. The first-order valence-corrected chi connectivity index (χ1v) is 7.25. The minimum absolute atomic E-state index is 0.340. The number of nitrogens with one attached hydrogen (secondary N) is 2. The van der Waals surface area contributed by atoms with Crippen LogP contribution < -0.4 is 15.5 Å². The third kappa shape index (κ3) is 3.47. The third-order valence-corrected chi connectivity index (χ3v) is 3.53. The first-order chi connectivity index (χ1) is 9.63. The number of nitrogens with zero attached hydrogens (tertiary/aromatic N) is 4. The van der Waals surface area contributed by atoms with Crippen LogP contribution in [0.1, 0.15) is 40.0 Å². The van der Waals surface area contributed by atoms with Gasteiger partial charge in [-0.25, -0.2) is 5.01 Å². The predicted molar refractivity (Wildman–Crippen MR) is 78.8 cm³/mol. The maximum absolute atomic E-state index is 5.37.